The van der Waals surface area contributed by atoms with E-state index in [9.17, 15) is 4.79 Å². The second-order valence-corrected chi connectivity index (χ2v) is 3.01. The van der Waals surface area contributed by atoms with Crippen LogP contribution >= 0.6 is 0 Å². The third-order valence-electron chi connectivity index (χ3n) is 1.72. The van der Waals surface area contributed by atoms with Crippen LogP contribution in [0.4, 0.5) is 5.82 Å². The first kappa shape index (κ1) is 10.4. The lowest BCUT2D eigenvalue weighted by Crippen LogP contribution is -2.22. The number of carboxylic acids is 1. The fourth-order valence-electron chi connectivity index (χ4n) is 0.903. The Balaban J connectivity index is 2.99. The third kappa shape index (κ3) is 2.17. The molecular weight excluding hydrogens is 184 g/mol. The second kappa shape index (κ2) is 4.01. The smallest absolute Gasteiger partial charge is 0.326 e. The number of nitrogens with zero attached hydrogens (tertiary/aromatic N) is 3. The summed E-state index contributed by atoms with van der Waals surface area (Å²) < 4.78 is 0. The molecule has 1 rings (SSSR count). The van der Waals surface area contributed by atoms with Crippen LogP contribution in [0.3, 0.4) is 0 Å². The molecule has 76 valence electrons. The molecule has 0 fully saturated rings. The molecule has 1 heterocycles. The number of nitrogens with two attached hydrogens (primary N) is 1. The summed E-state index contributed by atoms with van der Waals surface area (Å²) in [5.41, 5.74) is 5.70. The number of carboxylic acid groups (broad SMARTS) is 1. The Morgan fingerprint density at radius 2 is 2.21 bits per heavy atom. The molecule has 14 heavy (non-hydrogen) atoms. The summed E-state index contributed by atoms with van der Waals surface area (Å²) in [6.45, 7) is 0. The van der Waals surface area contributed by atoms with Gasteiger partial charge in [0.1, 0.15) is 18.2 Å². The summed E-state index contributed by atoms with van der Waals surface area (Å²) in [6.07, 6.45) is 1.30. The maximum Gasteiger partial charge on any atom is 0.326 e. The van der Waals surface area contributed by atoms with Gasteiger partial charge in [0, 0.05) is 20.2 Å². The van der Waals surface area contributed by atoms with Crippen LogP contribution in [-0.2, 0) is 4.79 Å². The average Bonchev–Trinajstić information content (AvgIpc) is 2.16. The van der Waals surface area contributed by atoms with Crippen LogP contribution in [0.5, 0.6) is 0 Å². The number of anilines is 1. The molecular formula is C8H12N4O2. The van der Waals surface area contributed by atoms with Crippen molar-refractivity contribution in [2.75, 3.05) is 19.0 Å². The first-order chi connectivity index (χ1) is 6.52. The highest BCUT2D eigenvalue weighted by molar-refractivity contribution is 5.74. The summed E-state index contributed by atoms with van der Waals surface area (Å²) >= 11 is 0. The van der Waals surface area contributed by atoms with Crippen molar-refractivity contribution < 1.29 is 9.90 Å². The van der Waals surface area contributed by atoms with Crippen LogP contribution in [0, 0.1) is 0 Å². The Bertz CT molecular complexity index is 340. The van der Waals surface area contributed by atoms with Gasteiger partial charge in [-0.05, 0) is 0 Å². The van der Waals surface area contributed by atoms with Crippen LogP contribution in [0.1, 0.15) is 11.7 Å². The molecule has 0 aliphatic heterocycles. The van der Waals surface area contributed by atoms with Crippen LogP contribution in [-0.4, -0.2) is 35.1 Å². The normalized spacial score (nSPS) is 12.2. The van der Waals surface area contributed by atoms with Crippen molar-refractivity contribution in [1.82, 2.24) is 9.97 Å². The highest BCUT2D eigenvalue weighted by Gasteiger charge is 2.16. The molecule has 1 aromatic rings. The monoisotopic (exact) mass is 196 g/mol. The quantitative estimate of drug-likeness (QED) is 0.685. The molecule has 0 bridgehead atoms. The predicted molar refractivity (Wildman–Crippen MR) is 50.9 cm³/mol. The van der Waals surface area contributed by atoms with Gasteiger partial charge in [0.05, 0.1) is 5.69 Å². The van der Waals surface area contributed by atoms with Gasteiger partial charge in [-0.25, -0.2) is 9.97 Å². The summed E-state index contributed by atoms with van der Waals surface area (Å²) in [6, 6.07) is 0.454. The lowest BCUT2D eigenvalue weighted by molar-refractivity contribution is -0.138. The van der Waals surface area contributed by atoms with E-state index in [0.29, 0.717) is 11.5 Å². The van der Waals surface area contributed by atoms with Gasteiger partial charge in [-0.3, -0.25) is 4.79 Å². The van der Waals surface area contributed by atoms with Crippen LogP contribution in [0.2, 0.25) is 0 Å². The number of aromatic nitrogens is 2. The maximum atomic E-state index is 10.6. The topological polar surface area (TPSA) is 92.3 Å². The van der Waals surface area contributed by atoms with Gasteiger partial charge >= 0.3 is 5.97 Å². The van der Waals surface area contributed by atoms with Crippen LogP contribution in [0.15, 0.2) is 12.4 Å². The summed E-state index contributed by atoms with van der Waals surface area (Å²) in [7, 11) is 3.61. The van der Waals surface area contributed by atoms with Crippen LogP contribution in [0.25, 0.3) is 0 Å². The van der Waals surface area contributed by atoms with Gasteiger partial charge in [0.2, 0.25) is 0 Å². The van der Waals surface area contributed by atoms with E-state index in [2.05, 4.69) is 9.97 Å². The molecule has 1 unspecified atom stereocenters. The fraction of sp³-hybridized carbons (Fsp3) is 0.375. The first-order valence-electron chi connectivity index (χ1n) is 4.00. The molecule has 0 radical (unpaired) electrons. The van der Waals surface area contributed by atoms with E-state index < -0.39 is 12.0 Å². The highest BCUT2D eigenvalue weighted by atomic mass is 16.4. The van der Waals surface area contributed by atoms with E-state index in [1.54, 1.807) is 25.1 Å². The largest absolute Gasteiger partial charge is 0.480 e. The zero-order valence-corrected chi connectivity index (χ0v) is 8.01. The number of hydrogen-bond acceptors (Lipinski definition) is 5. The molecule has 1 atom stereocenters. The molecule has 0 amide bonds. The number of aliphatic carboxylic acids is 1. The lowest BCUT2D eigenvalue weighted by atomic mass is 10.2. The summed E-state index contributed by atoms with van der Waals surface area (Å²) in [5.74, 6) is -0.472. The van der Waals surface area contributed by atoms with E-state index in [1.165, 1.54) is 6.33 Å². The Kier molecular flexibility index (Phi) is 2.98. The molecule has 0 saturated carbocycles. The number of hydrogen-bond donors (Lipinski definition) is 2. The molecule has 6 nitrogen and oxygen atoms in total. The van der Waals surface area contributed by atoms with Gasteiger partial charge in [-0.1, -0.05) is 0 Å². The molecule has 0 saturated heterocycles. The Morgan fingerprint density at radius 3 is 2.71 bits per heavy atom. The van der Waals surface area contributed by atoms with Crippen molar-refractivity contribution >= 4 is 11.8 Å². The molecule has 1 aromatic heterocycles. The maximum absolute atomic E-state index is 10.6. The first-order valence-corrected chi connectivity index (χ1v) is 4.00. The second-order valence-electron chi connectivity index (χ2n) is 3.01. The van der Waals surface area contributed by atoms with Crippen molar-refractivity contribution in [3.05, 3.63) is 18.1 Å². The zero-order valence-electron chi connectivity index (χ0n) is 8.01. The average molecular weight is 196 g/mol. The fourth-order valence-corrected chi connectivity index (χ4v) is 0.903. The summed E-state index contributed by atoms with van der Waals surface area (Å²) in [4.78, 5) is 20.1. The van der Waals surface area contributed by atoms with Crippen molar-refractivity contribution in [2.24, 2.45) is 5.73 Å². The standard InChI is InChI=1S/C8H12N4O2/c1-12(2)6-3-5(10-4-11-6)7(9)8(13)14/h3-4,7H,9H2,1-2H3,(H,13,14). The minimum Gasteiger partial charge on any atom is -0.480 e. The van der Waals surface area contributed by atoms with E-state index in [0.717, 1.165) is 0 Å². The Morgan fingerprint density at radius 1 is 1.57 bits per heavy atom. The van der Waals surface area contributed by atoms with Gasteiger partial charge in [-0.2, -0.15) is 0 Å². The van der Waals surface area contributed by atoms with E-state index >= 15 is 0 Å². The number of carbonyl (C=O) groups is 1. The lowest BCUT2D eigenvalue weighted by Gasteiger charge is -2.12. The molecule has 0 spiro atoms. The van der Waals surface area contributed by atoms with E-state index in [-0.39, 0.29) is 0 Å². The molecule has 3 N–H and O–H groups in total. The van der Waals surface area contributed by atoms with E-state index in [4.69, 9.17) is 10.8 Å². The summed E-state index contributed by atoms with van der Waals surface area (Å²) in [5, 5.41) is 8.67. The SMILES string of the molecule is CN(C)c1cc(C(N)C(=O)O)ncn1. The highest BCUT2D eigenvalue weighted by Crippen LogP contribution is 2.12. The van der Waals surface area contributed by atoms with Gasteiger partial charge in [0.15, 0.2) is 0 Å². The Hall–Kier alpha value is -1.69. The van der Waals surface area contributed by atoms with Crippen molar-refractivity contribution in [1.29, 1.82) is 0 Å². The third-order valence-corrected chi connectivity index (χ3v) is 1.72. The molecule has 0 aliphatic rings. The molecule has 0 aromatic carbocycles. The number of rotatable bonds is 3. The van der Waals surface area contributed by atoms with Crippen LogP contribution < -0.4 is 10.6 Å². The van der Waals surface area contributed by atoms with Crippen molar-refractivity contribution in [2.45, 2.75) is 6.04 Å². The van der Waals surface area contributed by atoms with Crippen molar-refractivity contribution in [3.63, 3.8) is 0 Å². The minimum absolute atomic E-state index is 0.302. The zero-order chi connectivity index (χ0) is 10.7. The molecule has 6 heteroatoms. The molecule has 0 aliphatic carbocycles. The van der Waals surface area contributed by atoms with Crippen molar-refractivity contribution in [3.8, 4) is 0 Å². The van der Waals surface area contributed by atoms with Gasteiger partial charge in [0.25, 0.3) is 0 Å². The van der Waals surface area contributed by atoms with E-state index in [1.807, 2.05) is 0 Å². The minimum atomic E-state index is -1.10. The van der Waals surface area contributed by atoms with Gasteiger partial charge in [-0.15, -0.1) is 0 Å². The van der Waals surface area contributed by atoms with Gasteiger partial charge < -0.3 is 15.7 Å². The predicted octanol–water partition coefficient (Wildman–Crippen LogP) is -0.373. The Labute approximate surface area is 81.4 Å².